The second-order valence-electron chi connectivity index (χ2n) is 4.08. The largest absolute Gasteiger partial charge is 0.391 e. The van der Waals surface area contributed by atoms with Crippen LogP contribution in [0, 0.1) is 5.92 Å². The van der Waals surface area contributed by atoms with Crippen molar-refractivity contribution < 1.29 is 13.2 Å². The third kappa shape index (κ3) is 2.87. The molecule has 1 saturated carbocycles. The highest BCUT2D eigenvalue weighted by Crippen LogP contribution is 2.38. The Morgan fingerprint density at radius 1 is 1.38 bits per heavy atom. The Morgan fingerprint density at radius 2 is 2.19 bits per heavy atom. The Balaban J connectivity index is 1.92. The minimum atomic E-state index is -4.05. The molecule has 0 bridgehead atoms. The number of hydrogen-bond donors (Lipinski definition) is 1. The zero-order chi connectivity index (χ0) is 11.6. The van der Waals surface area contributed by atoms with E-state index in [9.17, 15) is 13.2 Å². The van der Waals surface area contributed by atoms with E-state index in [0.717, 1.165) is 6.42 Å². The maximum atomic E-state index is 12.6. The van der Waals surface area contributed by atoms with E-state index in [1.165, 1.54) is 11.3 Å². The van der Waals surface area contributed by atoms with E-state index in [4.69, 9.17) is 0 Å². The quantitative estimate of drug-likeness (QED) is 0.866. The Labute approximate surface area is 95.9 Å². The number of rotatable bonds is 2. The minimum absolute atomic E-state index is 0.0912. The Hall–Kier alpha value is -0.780. The molecule has 6 heteroatoms. The standard InChI is InChI=1S/C10H13F3N2S/c11-10(12,13)7-2-1-3-8(6-7)15-9-14-4-5-16-9/h4-5,7-8H,1-3,6H2,(H,14,15). The molecule has 0 amide bonds. The Kier molecular flexibility index (Phi) is 3.37. The van der Waals surface area contributed by atoms with Gasteiger partial charge in [0.05, 0.1) is 5.92 Å². The topological polar surface area (TPSA) is 24.9 Å². The van der Waals surface area contributed by atoms with Gasteiger partial charge in [-0.05, 0) is 19.3 Å². The maximum absolute atomic E-state index is 12.6. The molecule has 1 aromatic heterocycles. The summed E-state index contributed by atoms with van der Waals surface area (Å²) < 4.78 is 37.7. The summed E-state index contributed by atoms with van der Waals surface area (Å²) in [5, 5.41) is 5.60. The second kappa shape index (κ2) is 4.61. The van der Waals surface area contributed by atoms with Gasteiger partial charge < -0.3 is 5.32 Å². The number of anilines is 1. The highest BCUT2D eigenvalue weighted by molar-refractivity contribution is 7.13. The SMILES string of the molecule is FC(F)(F)C1CCCC(Nc2nccs2)C1. The zero-order valence-corrected chi connectivity index (χ0v) is 9.44. The van der Waals surface area contributed by atoms with E-state index >= 15 is 0 Å². The van der Waals surface area contributed by atoms with Crippen LogP contribution in [-0.4, -0.2) is 17.2 Å². The molecule has 0 aliphatic heterocycles. The first kappa shape index (κ1) is 11.7. The van der Waals surface area contributed by atoms with Gasteiger partial charge in [0.2, 0.25) is 0 Å². The number of halogens is 3. The molecule has 2 rings (SSSR count). The summed E-state index contributed by atoms with van der Waals surface area (Å²) in [6, 6.07) is -0.0912. The van der Waals surface area contributed by atoms with Gasteiger partial charge in [-0.15, -0.1) is 11.3 Å². The summed E-state index contributed by atoms with van der Waals surface area (Å²) in [6.45, 7) is 0. The Morgan fingerprint density at radius 3 is 2.81 bits per heavy atom. The molecule has 90 valence electrons. The minimum Gasteiger partial charge on any atom is -0.359 e. The molecule has 2 atom stereocenters. The lowest BCUT2D eigenvalue weighted by Crippen LogP contribution is -2.34. The molecule has 1 aliphatic carbocycles. The number of hydrogen-bond acceptors (Lipinski definition) is 3. The third-order valence-corrected chi connectivity index (χ3v) is 3.60. The molecule has 1 aliphatic rings. The molecule has 16 heavy (non-hydrogen) atoms. The first-order valence-electron chi connectivity index (χ1n) is 5.28. The van der Waals surface area contributed by atoms with E-state index < -0.39 is 12.1 Å². The molecule has 2 nitrogen and oxygen atoms in total. The van der Waals surface area contributed by atoms with Gasteiger partial charge in [0.25, 0.3) is 0 Å². The lowest BCUT2D eigenvalue weighted by Gasteiger charge is -2.30. The lowest BCUT2D eigenvalue weighted by atomic mass is 9.85. The summed E-state index contributed by atoms with van der Waals surface area (Å²) in [4.78, 5) is 4.02. The molecule has 0 spiro atoms. The fourth-order valence-corrected chi connectivity index (χ4v) is 2.69. The molecular formula is C10H13F3N2S. The van der Waals surface area contributed by atoms with Crippen LogP contribution in [0.15, 0.2) is 11.6 Å². The number of nitrogens with one attached hydrogen (secondary N) is 1. The summed E-state index contributed by atoms with van der Waals surface area (Å²) in [6.07, 6.45) is -0.539. The Bertz CT molecular complexity index is 323. The normalized spacial score (nSPS) is 26.7. The monoisotopic (exact) mass is 250 g/mol. The average Bonchev–Trinajstić information content (AvgIpc) is 2.70. The van der Waals surface area contributed by atoms with Crippen LogP contribution in [0.3, 0.4) is 0 Å². The van der Waals surface area contributed by atoms with Gasteiger partial charge in [0.1, 0.15) is 0 Å². The van der Waals surface area contributed by atoms with Crippen LogP contribution in [0.5, 0.6) is 0 Å². The van der Waals surface area contributed by atoms with Crippen molar-refractivity contribution in [2.75, 3.05) is 5.32 Å². The van der Waals surface area contributed by atoms with Crippen LogP contribution in [0.4, 0.5) is 18.3 Å². The van der Waals surface area contributed by atoms with Gasteiger partial charge in [-0.25, -0.2) is 4.98 Å². The fourth-order valence-electron chi connectivity index (χ4n) is 2.09. The van der Waals surface area contributed by atoms with Crippen molar-refractivity contribution in [1.82, 2.24) is 4.98 Å². The number of nitrogens with zero attached hydrogens (tertiary/aromatic N) is 1. The maximum Gasteiger partial charge on any atom is 0.391 e. The number of alkyl halides is 3. The molecule has 2 unspecified atom stereocenters. The van der Waals surface area contributed by atoms with Crippen molar-refractivity contribution in [3.05, 3.63) is 11.6 Å². The summed E-state index contributed by atoms with van der Waals surface area (Å²) >= 11 is 1.42. The predicted octanol–water partition coefficient (Wildman–Crippen LogP) is 3.68. The fraction of sp³-hybridized carbons (Fsp3) is 0.700. The van der Waals surface area contributed by atoms with Crippen molar-refractivity contribution in [2.45, 2.75) is 37.9 Å². The summed E-state index contributed by atoms with van der Waals surface area (Å²) in [5.41, 5.74) is 0. The van der Waals surface area contributed by atoms with Crippen LogP contribution >= 0.6 is 11.3 Å². The van der Waals surface area contributed by atoms with Crippen molar-refractivity contribution in [3.8, 4) is 0 Å². The van der Waals surface area contributed by atoms with Crippen LogP contribution < -0.4 is 5.32 Å². The first-order valence-corrected chi connectivity index (χ1v) is 6.16. The molecule has 0 aromatic carbocycles. The molecule has 1 heterocycles. The van der Waals surface area contributed by atoms with Crippen LogP contribution in [0.1, 0.15) is 25.7 Å². The van der Waals surface area contributed by atoms with Crippen LogP contribution in [0.25, 0.3) is 0 Å². The molecule has 0 saturated heterocycles. The third-order valence-electron chi connectivity index (χ3n) is 2.90. The van der Waals surface area contributed by atoms with E-state index in [-0.39, 0.29) is 18.9 Å². The van der Waals surface area contributed by atoms with Crippen LogP contribution in [-0.2, 0) is 0 Å². The lowest BCUT2D eigenvalue weighted by molar-refractivity contribution is -0.182. The smallest absolute Gasteiger partial charge is 0.359 e. The predicted molar refractivity (Wildman–Crippen MR) is 57.5 cm³/mol. The van der Waals surface area contributed by atoms with Gasteiger partial charge in [0, 0.05) is 17.6 Å². The van der Waals surface area contributed by atoms with Crippen molar-refractivity contribution in [2.24, 2.45) is 5.92 Å². The highest BCUT2D eigenvalue weighted by Gasteiger charge is 2.42. The van der Waals surface area contributed by atoms with Gasteiger partial charge >= 0.3 is 6.18 Å². The van der Waals surface area contributed by atoms with Crippen LogP contribution in [0.2, 0.25) is 0 Å². The summed E-state index contributed by atoms with van der Waals surface area (Å²) in [5.74, 6) is -1.15. The van der Waals surface area contributed by atoms with Crippen molar-refractivity contribution in [3.63, 3.8) is 0 Å². The highest BCUT2D eigenvalue weighted by atomic mass is 32.1. The zero-order valence-electron chi connectivity index (χ0n) is 8.63. The van der Waals surface area contributed by atoms with E-state index in [1.54, 1.807) is 6.20 Å². The van der Waals surface area contributed by atoms with Gasteiger partial charge in [-0.1, -0.05) is 6.42 Å². The van der Waals surface area contributed by atoms with Gasteiger partial charge in [-0.2, -0.15) is 13.2 Å². The van der Waals surface area contributed by atoms with E-state index in [0.29, 0.717) is 11.6 Å². The van der Waals surface area contributed by atoms with Gasteiger partial charge in [0.15, 0.2) is 5.13 Å². The molecule has 1 N–H and O–H groups in total. The van der Waals surface area contributed by atoms with E-state index in [2.05, 4.69) is 10.3 Å². The molecular weight excluding hydrogens is 237 g/mol. The van der Waals surface area contributed by atoms with E-state index in [1.807, 2.05) is 5.38 Å². The number of thiazole rings is 1. The van der Waals surface area contributed by atoms with Crippen molar-refractivity contribution in [1.29, 1.82) is 0 Å². The summed E-state index contributed by atoms with van der Waals surface area (Å²) in [7, 11) is 0. The second-order valence-corrected chi connectivity index (χ2v) is 4.98. The molecule has 1 aromatic rings. The number of aromatic nitrogens is 1. The first-order chi connectivity index (χ1) is 7.55. The van der Waals surface area contributed by atoms with Gasteiger partial charge in [-0.3, -0.25) is 0 Å². The van der Waals surface area contributed by atoms with Crippen molar-refractivity contribution >= 4 is 16.5 Å². The molecule has 1 fully saturated rings. The molecule has 0 radical (unpaired) electrons. The average molecular weight is 250 g/mol.